The summed E-state index contributed by atoms with van der Waals surface area (Å²) in [5.74, 6) is -0.573. The minimum Gasteiger partial charge on any atom is -0.354 e. The van der Waals surface area contributed by atoms with Crippen molar-refractivity contribution in [3.05, 3.63) is 35.1 Å². The highest BCUT2D eigenvalue weighted by atomic mass is 127. The molecule has 1 N–H and O–H groups in total. The van der Waals surface area contributed by atoms with E-state index in [1.54, 1.807) is 6.07 Å². The van der Waals surface area contributed by atoms with Crippen molar-refractivity contribution in [2.24, 2.45) is 11.8 Å². The Labute approximate surface area is 225 Å². The van der Waals surface area contributed by atoms with Crippen LogP contribution in [0.4, 0.5) is 4.39 Å². The van der Waals surface area contributed by atoms with Crippen molar-refractivity contribution < 1.29 is 23.8 Å². The molecule has 3 heterocycles. The molecule has 1 aromatic carbocycles. The van der Waals surface area contributed by atoms with Crippen LogP contribution in [0, 0.1) is 35.9 Å². The molecule has 0 bridgehead atoms. The van der Waals surface area contributed by atoms with Gasteiger partial charge in [-0.25, -0.2) is 4.39 Å². The van der Waals surface area contributed by atoms with Crippen LogP contribution in [0.15, 0.2) is 18.2 Å². The maximum Gasteiger partial charge on any atom is 0.282 e. The number of carbonyl (C=O) groups excluding carboxylic acids is 2. The summed E-state index contributed by atoms with van der Waals surface area (Å²) in [6.45, 7) is 4.98. The van der Waals surface area contributed by atoms with Gasteiger partial charge in [0.05, 0.1) is 17.9 Å². The zero-order chi connectivity index (χ0) is 24.7. The van der Waals surface area contributed by atoms with E-state index in [2.05, 4.69) is 11.4 Å². The van der Waals surface area contributed by atoms with Crippen molar-refractivity contribution >= 4 is 46.5 Å². The van der Waals surface area contributed by atoms with Crippen LogP contribution in [0.25, 0.3) is 0 Å². The van der Waals surface area contributed by atoms with Gasteiger partial charge in [-0.15, -0.1) is 24.0 Å². The monoisotopic (exact) mass is 623 g/mol. The Morgan fingerprint density at radius 2 is 1.89 bits per heavy atom. The number of nitriles is 1. The normalized spacial score (nSPS) is 21.1. The number of hydrogen-bond donors (Lipinski definition) is 1. The molecule has 0 spiro atoms. The van der Waals surface area contributed by atoms with Gasteiger partial charge in [-0.1, -0.05) is 12.1 Å². The SMILES string of the molecule is Cc1ccc(CNC=O)c(F)c1.I.N#CC1CN(S(=O)(=O)N2CCC[C@H](C(=O)N3CCCC3)C2)C1.[HH]. The number of benzene rings is 1. The Morgan fingerprint density at radius 3 is 2.49 bits per heavy atom. The molecule has 3 aliphatic heterocycles. The average Bonchev–Trinajstić information content (AvgIpc) is 3.33. The Bertz CT molecular complexity index is 1030. The molecule has 1 aromatic rings. The first kappa shape index (κ1) is 29.4. The van der Waals surface area contributed by atoms with E-state index in [4.69, 9.17) is 5.26 Å². The van der Waals surface area contributed by atoms with Crippen LogP contribution in [0.3, 0.4) is 0 Å². The van der Waals surface area contributed by atoms with Crippen molar-refractivity contribution in [1.82, 2.24) is 18.8 Å². The first-order valence-electron chi connectivity index (χ1n) is 11.6. The Balaban J connectivity index is 0.000000399. The van der Waals surface area contributed by atoms with Gasteiger partial charge in [0.2, 0.25) is 12.3 Å². The van der Waals surface area contributed by atoms with Crippen molar-refractivity contribution in [2.45, 2.75) is 39.2 Å². The number of rotatable bonds is 6. The van der Waals surface area contributed by atoms with Gasteiger partial charge in [0.15, 0.2) is 0 Å². The molecule has 0 saturated carbocycles. The predicted octanol–water partition coefficient (Wildman–Crippen LogP) is 2.27. The molecule has 196 valence electrons. The lowest BCUT2D eigenvalue weighted by molar-refractivity contribution is -0.135. The van der Waals surface area contributed by atoms with E-state index in [1.165, 1.54) is 14.7 Å². The van der Waals surface area contributed by atoms with Gasteiger partial charge < -0.3 is 10.2 Å². The largest absolute Gasteiger partial charge is 0.354 e. The van der Waals surface area contributed by atoms with Gasteiger partial charge in [-0.05, 0) is 44.2 Å². The summed E-state index contributed by atoms with van der Waals surface area (Å²) < 4.78 is 40.9. The summed E-state index contributed by atoms with van der Waals surface area (Å²) in [7, 11) is -3.51. The lowest BCUT2D eigenvalue weighted by Gasteiger charge is -2.40. The number of nitrogens with one attached hydrogen (secondary N) is 1. The molecule has 4 rings (SSSR count). The standard InChI is InChI=1S/C14H22N4O3S.C9H10FNO.HI.H2/c15-8-12-9-18(10-12)22(20,21)17-7-3-4-13(11-17)14(19)16-5-1-2-6-16;1-7-2-3-8(5-11-6-12)9(10)4-7;;/h12-13H,1-7,9-11H2;2-4,6H,5H2,1H3,(H,11,12);2*1H/t13-;;;/m0.../s1. The number of halogens is 2. The fourth-order valence-corrected chi connectivity index (χ4v) is 6.16. The summed E-state index contributed by atoms with van der Waals surface area (Å²) in [5.41, 5.74) is 1.38. The van der Waals surface area contributed by atoms with Gasteiger partial charge in [-0.2, -0.15) is 22.3 Å². The van der Waals surface area contributed by atoms with Crippen molar-refractivity contribution in [2.75, 3.05) is 39.3 Å². The van der Waals surface area contributed by atoms with Crippen LogP contribution in [-0.2, 0) is 26.3 Å². The Morgan fingerprint density at radius 1 is 1.20 bits per heavy atom. The summed E-state index contributed by atoms with van der Waals surface area (Å²) in [4.78, 5) is 24.3. The van der Waals surface area contributed by atoms with Crippen LogP contribution in [0.1, 0.15) is 38.2 Å². The van der Waals surface area contributed by atoms with Crippen LogP contribution in [-0.4, -0.2) is 73.5 Å². The minimum absolute atomic E-state index is 0. The third-order valence-corrected chi connectivity index (χ3v) is 8.35. The second-order valence-electron chi connectivity index (χ2n) is 8.97. The van der Waals surface area contributed by atoms with Crippen molar-refractivity contribution in [3.8, 4) is 6.07 Å². The van der Waals surface area contributed by atoms with Crippen LogP contribution in [0.5, 0.6) is 0 Å². The average molecular weight is 624 g/mol. The summed E-state index contributed by atoms with van der Waals surface area (Å²) in [6, 6.07) is 7.01. The number of hydrogen-bond acceptors (Lipinski definition) is 5. The molecule has 35 heavy (non-hydrogen) atoms. The highest BCUT2D eigenvalue weighted by Gasteiger charge is 2.42. The van der Waals surface area contributed by atoms with E-state index in [1.807, 2.05) is 17.9 Å². The molecule has 1 atom stereocenters. The van der Waals surface area contributed by atoms with Gasteiger partial charge in [0.1, 0.15) is 5.82 Å². The third kappa shape index (κ3) is 7.58. The highest BCUT2D eigenvalue weighted by Crippen LogP contribution is 2.27. The number of carbonyl (C=O) groups is 2. The molecule has 0 radical (unpaired) electrons. The molecular weight excluding hydrogens is 588 g/mol. The van der Waals surface area contributed by atoms with E-state index in [0.717, 1.165) is 44.3 Å². The Kier molecular flexibility index (Phi) is 11.3. The molecule has 12 heteroatoms. The molecule has 9 nitrogen and oxygen atoms in total. The van der Waals surface area contributed by atoms with Crippen molar-refractivity contribution in [3.63, 3.8) is 0 Å². The molecule has 3 saturated heterocycles. The number of likely N-dealkylation sites (tertiary alicyclic amines) is 1. The quantitative estimate of drug-likeness (QED) is 0.386. The van der Waals surface area contributed by atoms with E-state index >= 15 is 0 Å². The van der Waals surface area contributed by atoms with Gasteiger partial charge in [-0.3, -0.25) is 9.59 Å². The van der Waals surface area contributed by atoms with E-state index < -0.39 is 10.2 Å². The molecule has 0 aliphatic carbocycles. The molecule has 3 fully saturated rings. The van der Waals surface area contributed by atoms with E-state index in [0.29, 0.717) is 18.5 Å². The zero-order valence-electron chi connectivity index (χ0n) is 19.9. The summed E-state index contributed by atoms with van der Waals surface area (Å²) in [6.07, 6.45) is 4.13. The summed E-state index contributed by atoms with van der Waals surface area (Å²) >= 11 is 0. The second-order valence-corrected chi connectivity index (χ2v) is 10.9. The van der Waals surface area contributed by atoms with Gasteiger partial charge in [0.25, 0.3) is 10.2 Å². The second kappa shape index (κ2) is 13.5. The van der Waals surface area contributed by atoms with Crippen LogP contribution < -0.4 is 5.32 Å². The predicted molar refractivity (Wildman–Crippen MR) is 141 cm³/mol. The molecule has 2 amide bonds. The number of nitrogens with zero attached hydrogens (tertiary/aromatic N) is 4. The first-order chi connectivity index (χ1) is 16.3. The fraction of sp³-hybridized carbons (Fsp3) is 0.609. The lowest BCUT2D eigenvalue weighted by atomic mass is 9.98. The molecule has 3 aliphatic rings. The summed E-state index contributed by atoms with van der Waals surface area (Å²) in [5, 5.41) is 11.2. The number of piperidine rings is 1. The third-order valence-electron chi connectivity index (χ3n) is 6.42. The lowest BCUT2D eigenvalue weighted by Crippen LogP contribution is -2.57. The zero-order valence-corrected chi connectivity index (χ0v) is 23.0. The molecule has 0 aromatic heterocycles. The minimum atomic E-state index is -3.51. The molecular formula is C23H35FIN5O4S. The van der Waals surface area contributed by atoms with Crippen molar-refractivity contribution in [1.29, 1.82) is 5.26 Å². The number of amides is 2. The smallest absolute Gasteiger partial charge is 0.282 e. The fourth-order valence-electron chi connectivity index (χ4n) is 4.37. The van der Waals surface area contributed by atoms with E-state index in [-0.39, 0.29) is 75.1 Å². The maximum absolute atomic E-state index is 13.0. The van der Waals surface area contributed by atoms with Crippen LogP contribution >= 0.6 is 24.0 Å². The first-order valence-corrected chi connectivity index (χ1v) is 13.0. The highest BCUT2D eigenvalue weighted by molar-refractivity contribution is 14.0. The van der Waals surface area contributed by atoms with E-state index in [9.17, 15) is 22.4 Å². The molecule has 0 unspecified atom stereocenters. The van der Waals surface area contributed by atoms with Crippen LogP contribution in [0.2, 0.25) is 0 Å². The van der Waals surface area contributed by atoms with Gasteiger partial charge in [0, 0.05) is 52.8 Å². The van der Waals surface area contributed by atoms with Gasteiger partial charge >= 0.3 is 0 Å². The number of aryl methyl sites for hydroxylation is 1. The maximum atomic E-state index is 13.0. The topological polar surface area (TPSA) is 114 Å². The Hall–Kier alpha value is -1.82.